The molecule has 0 spiro atoms. The highest BCUT2D eigenvalue weighted by Crippen LogP contribution is 2.07. The Kier molecular flexibility index (Phi) is 2.32. The predicted molar refractivity (Wildman–Crippen MR) is 53.0 cm³/mol. The van der Waals surface area contributed by atoms with Gasteiger partial charge >= 0.3 is 0 Å². The predicted octanol–water partition coefficient (Wildman–Crippen LogP) is -0.436. The van der Waals surface area contributed by atoms with Crippen LogP contribution >= 0.6 is 0 Å². The Morgan fingerprint density at radius 2 is 2.36 bits per heavy atom. The zero-order valence-corrected chi connectivity index (χ0v) is 7.66. The Labute approximate surface area is 81.7 Å². The number of aromatic nitrogens is 1. The summed E-state index contributed by atoms with van der Waals surface area (Å²) in [4.78, 5) is 14.9. The molecule has 0 aromatic carbocycles. The standard InChI is InChI=1S/C9H12N4O/c10-9(14)7-2-1-3-8(13-7)12-6-4-11-5-6/h1-3,6,11H,4-5H2,(H2,10,14)(H,12,13). The molecule has 0 aliphatic carbocycles. The highest BCUT2D eigenvalue weighted by atomic mass is 16.1. The van der Waals surface area contributed by atoms with Crippen LogP contribution in [0.3, 0.4) is 0 Å². The van der Waals surface area contributed by atoms with Crippen LogP contribution in [0.15, 0.2) is 18.2 Å². The molecule has 0 unspecified atom stereocenters. The van der Waals surface area contributed by atoms with Crippen LogP contribution in [0, 0.1) is 0 Å². The smallest absolute Gasteiger partial charge is 0.267 e. The Morgan fingerprint density at radius 3 is 2.93 bits per heavy atom. The van der Waals surface area contributed by atoms with Crippen molar-refractivity contribution in [2.24, 2.45) is 5.73 Å². The third kappa shape index (κ3) is 1.82. The summed E-state index contributed by atoms with van der Waals surface area (Å²) in [7, 11) is 0. The summed E-state index contributed by atoms with van der Waals surface area (Å²) in [5.74, 6) is 0.202. The van der Waals surface area contributed by atoms with Gasteiger partial charge in [-0.3, -0.25) is 4.79 Å². The lowest BCUT2D eigenvalue weighted by Crippen LogP contribution is -2.51. The van der Waals surface area contributed by atoms with Crippen LogP contribution in [0.5, 0.6) is 0 Å². The third-order valence-corrected chi connectivity index (χ3v) is 2.14. The van der Waals surface area contributed by atoms with Crippen LogP contribution in [0.25, 0.3) is 0 Å². The van der Waals surface area contributed by atoms with E-state index in [2.05, 4.69) is 15.6 Å². The maximum Gasteiger partial charge on any atom is 0.267 e. The fourth-order valence-electron chi connectivity index (χ4n) is 1.25. The van der Waals surface area contributed by atoms with Gasteiger partial charge in [-0.2, -0.15) is 0 Å². The van der Waals surface area contributed by atoms with Gasteiger partial charge < -0.3 is 16.4 Å². The van der Waals surface area contributed by atoms with Gasteiger partial charge in [0, 0.05) is 13.1 Å². The molecule has 1 fully saturated rings. The van der Waals surface area contributed by atoms with Gasteiger partial charge in [0.25, 0.3) is 5.91 Å². The summed E-state index contributed by atoms with van der Waals surface area (Å²) in [6, 6.07) is 5.60. The second-order valence-corrected chi connectivity index (χ2v) is 3.27. The number of carbonyl (C=O) groups is 1. The number of rotatable bonds is 3. The molecular weight excluding hydrogens is 180 g/mol. The summed E-state index contributed by atoms with van der Waals surface area (Å²) < 4.78 is 0. The van der Waals surface area contributed by atoms with Crippen molar-refractivity contribution in [3.05, 3.63) is 23.9 Å². The number of nitrogens with zero attached hydrogens (tertiary/aromatic N) is 1. The molecular formula is C9H12N4O. The number of anilines is 1. The molecule has 0 radical (unpaired) electrons. The number of carbonyl (C=O) groups excluding carboxylic acids is 1. The van der Waals surface area contributed by atoms with Crippen molar-refractivity contribution in [3.63, 3.8) is 0 Å². The first-order chi connectivity index (χ1) is 6.75. The van der Waals surface area contributed by atoms with Gasteiger partial charge in [0.1, 0.15) is 11.5 Å². The molecule has 1 aromatic rings. The first-order valence-electron chi connectivity index (χ1n) is 4.50. The highest BCUT2D eigenvalue weighted by molar-refractivity contribution is 5.91. The molecule has 74 valence electrons. The Bertz CT molecular complexity index is 348. The molecule has 5 nitrogen and oxygen atoms in total. The summed E-state index contributed by atoms with van der Waals surface area (Å²) in [6.07, 6.45) is 0. The quantitative estimate of drug-likeness (QED) is 0.606. The Hall–Kier alpha value is -1.62. The lowest BCUT2D eigenvalue weighted by Gasteiger charge is -2.28. The molecule has 0 bridgehead atoms. The van der Waals surface area contributed by atoms with E-state index < -0.39 is 5.91 Å². The van der Waals surface area contributed by atoms with Crippen molar-refractivity contribution in [2.45, 2.75) is 6.04 Å². The van der Waals surface area contributed by atoms with Gasteiger partial charge in [-0.15, -0.1) is 0 Å². The van der Waals surface area contributed by atoms with E-state index >= 15 is 0 Å². The van der Waals surface area contributed by atoms with Gasteiger partial charge in [0.05, 0.1) is 6.04 Å². The fourth-order valence-corrected chi connectivity index (χ4v) is 1.25. The number of hydrogen-bond acceptors (Lipinski definition) is 4. The number of hydrogen-bond donors (Lipinski definition) is 3. The van der Waals surface area contributed by atoms with E-state index in [-0.39, 0.29) is 0 Å². The van der Waals surface area contributed by atoms with Crippen LogP contribution in [-0.4, -0.2) is 30.0 Å². The van der Waals surface area contributed by atoms with E-state index in [1.54, 1.807) is 12.1 Å². The summed E-state index contributed by atoms with van der Waals surface area (Å²) in [5, 5.41) is 6.33. The minimum Gasteiger partial charge on any atom is -0.365 e. The molecule has 5 heteroatoms. The van der Waals surface area contributed by atoms with E-state index in [9.17, 15) is 4.79 Å². The molecule has 1 aromatic heterocycles. The second kappa shape index (κ2) is 3.63. The molecule has 4 N–H and O–H groups in total. The zero-order chi connectivity index (χ0) is 9.97. The van der Waals surface area contributed by atoms with E-state index in [4.69, 9.17) is 5.73 Å². The van der Waals surface area contributed by atoms with E-state index in [1.807, 2.05) is 6.07 Å². The van der Waals surface area contributed by atoms with E-state index in [0.717, 1.165) is 13.1 Å². The van der Waals surface area contributed by atoms with Crippen molar-refractivity contribution in [1.82, 2.24) is 10.3 Å². The SMILES string of the molecule is NC(=O)c1cccc(NC2CNC2)n1. The van der Waals surface area contributed by atoms with Gasteiger partial charge in [-0.25, -0.2) is 4.98 Å². The van der Waals surface area contributed by atoms with Gasteiger partial charge in [0.2, 0.25) is 0 Å². The van der Waals surface area contributed by atoms with Crippen molar-refractivity contribution < 1.29 is 4.79 Å². The monoisotopic (exact) mass is 192 g/mol. The van der Waals surface area contributed by atoms with Crippen molar-refractivity contribution in [2.75, 3.05) is 18.4 Å². The maximum absolute atomic E-state index is 10.8. The summed E-state index contributed by atoms with van der Waals surface area (Å²) in [6.45, 7) is 1.87. The van der Waals surface area contributed by atoms with Crippen LogP contribution in [0.4, 0.5) is 5.82 Å². The van der Waals surface area contributed by atoms with Crippen LogP contribution in [-0.2, 0) is 0 Å². The van der Waals surface area contributed by atoms with Crippen molar-refractivity contribution in [3.8, 4) is 0 Å². The molecule has 0 atom stereocenters. The van der Waals surface area contributed by atoms with Crippen LogP contribution in [0.2, 0.25) is 0 Å². The molecule has 1 aliphatic heterocycles. The molecule has 1 amide bonds. The lowest BCUT2D eigenvalue weighted by atomic mass is 10.2. The average molecular weight is 192 g/mol. The molecule has 1 aliphatic rings. The number of nitrogens with two attached hydrogens (primary N) is 1. The lowest BCUT2D eigenvalue weighted by molar-refractivity contribution is 0.0995. The molecule has 1 saturated heterocycles. The van der Waals surface area contributed by atoms with Crippen molar-refractivity contribution >= 4 is 11.7 Å². The van der Waals surface area contributed by atoms with Crippen LogP contribution < -0.4 is 16.4 Å². The third-order valence-electron chi connectivity index (χ3n) is 2.14. The van der Waals surface area contributed by atoms with Crippen LogP contribution in [0.1, 0.15) is 10.5 Å². The van der Waals surface area contributed by atoms with E-state index in [1.165, 1.54) is 0 Å². The number of amides is 1. The number of nitrogens with one attached hydrogen (secondary N) is 2. The second-order valence-electron chi connectivity index (χ2n) is 3.27. The number of primary amides is 1. The maximum atomic E-state index is 10.8. The summed E-state index contributed by atoms with van der Waals surface area (Å²) >= 11 is 0. The first-order valence-corrected chi connectivity index (χ1v) is 4.50. The normalized spacial score (nSPS) is 16.0. The highest BCUT2D eigenvalue weighted by Gasteiger charge is 2.16. The van der Waals surface area contributed by atoms with Gasteiger partial charge in [0.15, 0.2) is 0 Å². The Morgan fingerprint density at radius 1 is 1.57 bits per heavy atom. The molecule has 2 heterocycles. The fraction of sp³-hybridized carbons (Fsp3) is 0.333. The first kappa shape index (κ1) is 8.96. The molecule has 0 saturated carbocycles. The Balaban J connectivity index is 2.09. The minimum atomic E-state index is -0.500. The van der Waals surface area contributed by atoms with E-state index in [0.29, 0.717) is 17.6 Å². The average Bonchev–Trinajstić information content (AvgIpc) is 2.12. The minimum absolute atomic E-state index is 0.294. The van der Waals surface area contributed by atoms with Crippen molar-refractivity contribution in [1.29, 1.82) is 0 Å². The largest absolute Gasteiger partial charge is 0.365 e. The van der Waals surface area contributed by atoms with Gasteiger partial charge in [-0.05, 0) is 12.1 Å². The molecule has 2 rings (SSSR count). The zero-order valence-electron chi connectivity index (χ0n) is 7.66. The summed E-state index contributed by atoms with van der Waals surface area (Å²) in [5.41, 5.74) is 5.41. The molecule has 14 heavy (non-hydrogen) atoms. The topological polar surface area (TPSA) is 80.0 Å². The van der Waals surface area contributed by atoms with Gasteiger partial charge in [-0.1, -0.05) is 6.07 Å². The number of pyridine rings is 1.